The van der Waals surface area contributed by atoms with E-state index in [0.29, 0.717) is 33.3 Å². The number of ether oxygens (including phenoxy) is 1. The summed E-state index contributed by atoms with van der Waals surface area (Å²) >= 11 is 6.90. The van der Waals surface area contributed by atoms with Gasteiger partial charge in [0.15, 0.2) is 22.5 Å². The van der Waals surface area contributed by atoms with E-state index in [0.717, 1.165) is 14.9 Å². The molecule has 0 saturated heterocycles. The van der Waals surface area contributed by atoms with Crippen LogP contribution in [0.5, 0.6) is 11.5 Å². The Morgan fingerprint density at radius 2 is 1.95 bits per heavy atom. The third kappa shape index (κ3) is 7.05. The van der Waals surface area contributed by atoms with Gasteiger partial charge in [0, 0.05) is 25.0 Å². The van der Waals surface area contributed by atoms with Crippen LogP contribution in [0.25, 0.3) is 5.69 Å². The molecule has 38 heavy (non-hydrogen) atoms. The number of methoxy groups -OCH3 is 1. The second-order valence-corrected chi connectivity index (χ2v) is 11.4. The minimum Gasteiger partial charge on any atom is -0.504 e. The first kappa shape index (κ1) is 27.9. The van der Waals surface area contributed by atoms with Crippen LogP contribution in [0.3, 0.4) is 0 Å². The summed E-state index contributed by atoms with van der Waals surface area (Å²) < 4.78 is 8.94. The lowest BCUT2D eigenvalue weighted by Crippen LogP contribution is -2.27. The van der Waals surface area contributed by atoms with Gasteiger partial charge in [-0.25, -0.2) is 5.43 Å². The minimum absolute atomic E-state index is 0.0709. The highest BCUT2D eigenvalue weighted by Crippen LogP contribution is 2.32. The average Bonchev–Trinajstić information content (AvgIpc) is 3.32. The van der Waals surface area contributed by atoms with E-state index in [1.807, 2.05) is 59.2 Å². The lowest BCUT2D eigenvalue weighted by atomic mass is 10.2. The number of rotatable bonds is 10. The number of hydrogen-bond donors (Lipinski definition) is 3. The smallest absolute Gasteiger partial charge is 0.253 e. The number of hydrogen-bond acceptors (Lipinski definition) is 8. The van der Waals surface area contributed by atoms with Gasteiger partial charge < -0.3 is 15.2 Å². The summed E-state index contributed by atoms with van der Waals surface area (Å²) in [6.45, 7) is 2.22. The molecule has 1 aromatic heterocycles. The molecule has 0 aliphatic carbocycles. The number of halogens is 2. The molecule has 0 radical (unpaired) electrons. The van der Waals surface area contributed by atoms with Gasteiger partial charge in [-0.2, -0.15) is 5.10 Å². The van der Waals surface area contributed by atoms with Crippen LogP contribution in [-0.4, -0.2) is 44.4 Å². The summed E-state index contributed by atoms with van der Waals surface area (Å²) in [5, 5.41) is 26.5. The average molecular weight is 707 g/mol. The number of thioether (sulfide) groups is 1. The van der Waals surface area contributed by atoms with E-state index in [1.54, 1.807) is 19.1 Å². The van der Waals surface area contributed by atoms with Crippen molar-refractivity contribution in [3.63, 3.8) is 0 Å². The van der Waals surface area contributed by atoms with Crippen LogP contribution >= 0.6 is 50.3 Å². The van der Waals surface area contributed by atoms with Crippen LogP contribution in [0.1, 0.15) is 18.3 Å². The van der Waals surface area contributed by atoms with Crippen molar-refractivity contribution in [3.8, 4) is 17.2 Å². The Bertz CT molecular complexity index is 1430. The van der Waals surface area contributed by atoms with Crippen LogP contribution in [-0.2, 0) is 11.3 Å². The Morgan fingerprint density at radius 3 is 2.66 bits per heavy atom. The number of nitrogens with zero attached hydrogens (tertiary/aromatic N) is 4. The number of benzene rings is 3. The molecule has 4 rings (SSSR count). The minimum atomic E-state index is -0.526. The van der Waals surface area contributed by atoms with Crippen molar-refractivity contribution in [3.05, 3.63) is 86.2 Å². The van der Waals surface area contributed by atoms with Gasteiger partial charge >= 0.3 is 0 Å². The Morgan fingerprint density at radius 1 is 1.21 bits per heavy atom. The van der Waals surface area contributed by atoms with Crippen molar-refractivity contribution in [2.45, 2.75) is 23.9 Å². The van der Waals surface area contributed by atoms with Gasteiger partial charge in [0.05, 0.1) is 25.1 Å². The lowest BCUT2D eigenvalue weighted by Gasteiger charge is -2.13. The molecule has 1 amide bonds. The van der Waals surface area contributed by atoms with Crippen LogP contribution in [0.2, 0.25) is 0 Å². The second-order valence-electron chi connectivity index (χ2n) is 7.97. The van der Waals surface area contributed by atoms with Crippen LogP contribution < -0.4 is 15.5 Å². The van der Waals surface area contributed by atoms with E-state index in [4.69, 9.17) is 4.74 Å². The number of carbonyl (C=O) groups is 1. The van der Waals surface area contributed by atoms with E-state index in [2.05, 4.69) is 64.6 Å². The molecule has 0 aliphatic heterocycles. The summed E-state index contributed by atoms with van der Waals surface area (Å²) in [5.74, 6) is 0.609. The summed E-state index contributed by atoms with van der Waals surface area (Å²) in [5.41, 5.74) is 4.79. The molecule has 0 fully saturated rings. The normalized spacial score (nSPS) is 11.9. The predicted octanol–water partition coefficient (Wildman–Crippen LogP) is 5.59. The molecule has 0 bridgehead atoms. The Hall–Kier alpha value is -3.10. The molecule has 3 aromatic carbocycles. The third-order valence-corrected chi connectivity index (χ3v) is 7.55. The largest absolute Gasteiger partial charge is 0.504 e. The maximum absolute atomic E-state index is 12.8. The number of anilines is 1. The quantitative estimate of drug-likeness (QED) is 0.0853. The Balaban J connectivity index is 1.47. The summed E-state index contributed by atoms with van der Waals surface area (Å²) in [6.07, 6.45) is 1.36. The van der Waals surface area contributed by atoms with Crippen molar-refractivity contribution in [2.75, 3.05) is 12.4 Å². The summed E-state index contributed by atoms with van der Waals surface area (Å²) in [6, 6.07) is 21.1. The van der Waals surface area contributed by atoms with E-state index < -0.39 is 5.25 Å². The van der Waals surface area contributed by atoms with Gasteiger partial charge in [0.2, 0.25) is 0 Å². The number of aromatic nitrogens is 3. The van der Waals surface area contributed by atoms with Gasteiger partial charge in [-0.15, -0.1) is 10.2 Å². The second kappa shape index (κ2) is 13.1. The fraction of sp³-hybridized carbons (Fsp3) is 0.154. The molecule has 1 heterocycles. The van der Waals surface area contributed by atoms with Crippen molar-refractivity contribution < 1.29 is 14.6 Å². The predicted molar refractivity (Wildman–Crippen MR) is 161 cm³/mol. The standard InChI is InChI=1S/C26H24BrIN6O3S/c1-16(25(36)32-30-14-17-12-18(27)13-22(37-2)24(17)35)38-26-33-31-23(34(26)21-6-4-3-5-7-21)15-29-20-10-8-19(28)9-11-20/h3-14,16,29,35H,15H2,1-2H3,(H,32,36). The molecule has 0 aliphatic rings. The fourth-order valence-corrected chi connectivity index (χ4v) is 5.09. The highest BCUT2D eigenvalue weighted by molar-refractivity contribution is 14.1. The molecule has 4 aromatic rings. The van der Waals surface area contributed by atoms with E-state index in [-0.39, 0.29) is 11.7 Å². The lowest BCUT2D eigenvalue weighted by molar-refractivity contribution is -0.120. The van der Waals surface area contributed by atoms with Crippen molar-refractivity contribution in [2.24, 2.45) is 5.10 Å². The number of para-hydroxylation sites is 1. The molecule has 0 spiro atoms. The van der Waals surface area contributed by atoms with E-state index in [1.165, 1.54) is 25.1 Å². The van der Waals surface area contributed by atoms with E-state index in [9.17, 15) is 9.90 Å². The Kier molecular flexibility index (Phi) is 9.63. The topological polar surface area (TPSA) is 114 Å². The molecule has 196 valence electrons. The zero-order chi connectivity index (χ0) is 27.1. The van der Waals surface area contributed by atoms with Gasteiger partial charge in [-0.05, 0) is 78.0 Å². The van der Waals surface area contributed by atoms with Gasteiger partial charge in [-0.1, -0.05) is 45.9 Å². The molecular formula is C26H24BrIN6O3S. The zero-order valence-electron chi connectivity index (χ0n) is 20.4. The number of nitrogens with one attached hydrogen (secondary N) is 2. The third-order valence-electron chi connectivity index (χ3n) is 5.33. The number of amides is 1. The molecular weight excluding hydrogens is 683 g/mol. The zero-order valence-corrected chi connectivity index (χ0v) is 25.0. The highest BCUT2D eigenvalue weighted by atomic mass is 127. The first-order valence-corrected chi connectivity index (χ1v) is 14.2. The maximum atomic E-state index is 12.8. The van der Waals surface area contributed by atoms with Crippen LogP contribution in [0, 0.1) is 3.57 Å². The highest BCUT2D eigenvalue weighted by Gasteiger charge is 2.21. The number of phenolic OH excluding ortho intramolecular Hbond substituents is 1. The Labute approximate surface area is 246 Å². The molecule has 1 unspecified atom stereocenters. The number of aromatic hydroxyl groups is 1. The first-order valence-electron chi connectivity index (χ1n) is 11.4. The van der Waals surface area contributed by atoms with Crippen molar-refractivity contribution in [1.82, 2.24) is 20.2 Å². The number of carbonyl (C=O) groups excluding carboxylic acids is 1. The van der Waals surface area contributed by atoms with Gasteiger partial charge in [0.1, 0.15) is 0 Å². The molecule has 1 atom stereocenters. The fourth-order valence-electron chi connectivity index (χ4n) is 3.39. The maximum Gasteiger partial charge on any atom is 0.253 e. The van der Waals surface area contributed by atoms with Gasteiger partial charge in [0.25, 0.3) is 5.91 Å². The number of hydrazone groups is 1. The van der Waals surface area contributed by atoms with Crippen molar-refractivity contribution in [1.29, 1.82) is 0 Å². The monoisotopic (exact) mass is 706 g/mol. The molecule has 3 N–H and O–H groups in total. The molecule has 0 saturated carbocycles. The SMILES string of the molecule is COc1cc(Br)cc(C=NNC(=O)C(C)Sc2nnc(CNc3ccc(I)cc3)n2-c2ccccc2)c1O. The number of phenols is 1. The van der Waals surface area contributed by atoms with Crippen LogP contribution in [0.4, 0.5) is 5.69 Å². The van der Waals surface area contributed by atoms with E-state index >= 15 is 0 Å². The first-order chi connectivity index (χ1) is 18.4. The summed E-state index contributed by atoms with van der Waals surface area (Å²) in [4.78, 5) is 12.8. The van der Waals surface area contributed by atoms with Crippen molar-refractivity contribution >= 4 is 68.1 Å². The summed E-state index contributed by atoms with van der Waals surface area (Å²) in [7, 11) is 1.46. The molecule has 12 heteroatoms. The molecule has 9 nitrogen and oxygen atoms in total. The van der Waals surface area contributed by atoms with Gasteiger partial charge in [-0.3, -0.25) is 9.36 Å². The van der Waals surface area contributed by atoms with Crippen LogP contribution in [0.15, 0.2) is 81.5 Å².